The molecule has 3 aliphatic heterocycles. The van der Waals surface area contributed by atoms with Crippen LogP contribution < -0.4 is 0 Å². The third-order valence-corrected chi connectivity index (χ3v) is 15.8. The highest BCUT2D eigenvalue weighted by molar-refractivity contribution is 6.09. The van der Waals surface area contributed by atoms with Crippen LogP contribution in [0.4, 0.5) is 0 Å². The molecule has 2 bridgehead atoms. The summed E-state index contributed by atoms with van der Waals surface area (Å²) in [5, 5.41) is 43.3. The maximum Gasteiger partial charge on any atom is 0.329 e. The van der Waals surface area contributed by atoms with E-state index in [1.54, 1.807) is 40.9 Å². The third kappa shape index (κ3) is 16.0. The molecule has 0 aromatic heterocycles. The molecule has 412 valence electrons. The summed E-state index contributed by atoms with van der Waals surface area (Å²) in [6.07, 6.45) is 9.22. The lowest BCUT2D eigenvalue weighted by Crippen LogP contribution is -2.62. The van der Waals surface area contributed by atoms with Gasteiger partial charge in [-0.3, -0.25) is 24.0 Å². The van der Waals surface area contributed by atoms with Crippen molar-refractivity contribution in [2.24, 2.45) is 40.9 Å². The van der Waals surface area contributed by atoms with Crippen molar-refractivity contribution in [3.63, 3.8) is 0 Å². The van der Waals surface area contributed by atoms with Crippen LogP contribution in [0.3, 0.4) is 0 Å². The first-order valence-corrected chi connectivity index (χ1v) is 26.4. The molecular formula is C56H87NO16. The van der Waals surface area contributed by atoms with Crippen LogP contribution in [-0.4, -0.2) is 156 Å². The fourth-order valence-electron chi connectivity index (χ4n) is 10.7. The number of ketones is 3. The second-order valence-electron chi connectivity index (χ2n) is 21.8. The van der Waals surface area contributed by atoms with E-state index in [9.17, 15) is 49.2 Å². The van der Waals surface area contributed by atoms with Crippen molar-refractivity contribution in [2.45, 2.75) is 187 Å². The second kappa shape index (κ2) is 28.3. The van der Waals surface area contributed by atoms with Gasteiger partial charge in [-0.15, -0.1) is 0 Å². The molecule has 73 heavy (non-hydrogen) atoms. The van der Waals surface area contributed by atoms with E-state index in [4.69, 9.17) is 28.4 Å². The molecule has 0 aromatic carbocycles. The molecule has 1 aliphatic carbocycles. The molecule has 3 fully saturated rings. The highest BCUT2D eigenvalue weighted by Crippen LogP contribution is 2.37. The first-order chi connectivity index (χ1) is 34.5. The Bertz CT molecular complexity index is 2010. The van der Waals surface area contributed by atoms with Crippen molar-refractivity contribution >= 4 is 35.2 Å². The van der Waals surface area contributed by atoms with Crippen LogP contribution in [0.15, 0.2) is 47.6 Å². The van der Waals surface area contributed by atoms with Crippen LogP contribution in [0.1, 0.15) is 132 Å². The Labute approximate surface area is 433 Å². The monoisotopic (exact) mass is 1030 g/mol. The van der Waals surface area contributed by atoms with Crippen LogP contribution >= 0.6 is 0 Å². The van der Waals surface area contributed by atoms with Gasteiger partial charge in [-0.2, -0.15) is 0 Å². The number of cyclic esters (lactones) is 1. The molecule has 0 spiro atoms. The summed E-state index contributed by atoms with van der Waals surface area (Å²) in [4.78, 5) is 85.7. The van der Waals surface area contributed by atoms with Crippen LogP contribution in [0.2, 0.25) is 0 Å². The van der Waals surface area contributed by atoms with Gasteiger partial charge in [0.05, 0.1) is 31.5 Å². The smallest absolute Gasteiger partial charge is 0.329 e. The Morgan fingerprint density at radius 2 is 1.55 bits per heavy atom. The molecule has 0 radical (unpaired) electrons. The first-order valence-electron chi connectivity index (χ1n) is 26.4. The number of fused-ring (bicyclic) bond motifs is 3. The Kier molecular flexibility index (Phi) is 23.9. The largest absolute Gasteiger partial charge is 0.460 e. The van der Waals surface area contributed by atoms with Gasteiger partial charge >= 0.3 is 17.7 Å². The van der Waals surface area contributed by atoms with Crippen molar-refractivity contribution in [1.29, 1.82) is 0 Å². The van der Waals surface area contributed by atoms with E-state index in [2.05, 4.69) is 0 Å². The quantitative estimate of drug-likeness (QED) is 0.116. The summed E-state index contributed by atoms with van der Waals surface area (Å²) < 4.78 is 35.6. The number of allylic oxidation sites excluding steroid dienone is 6. The number of nitrogens with zero attached hydrogens (tertiary/aromatic N) is 1. The Morgan fingerprint density at radius 3 is 2.19 bits per heavy atom. The van der Waals surface area contributed by atoms with Crippen LogP contribution in [-0.2, 0) is 57.2 Å². The minimum Gasteiger partial charge on any atom is -0.460 e. The number of amides is 1. The van der Waals surface area contributed by atoms with Gasteiger partial charge in [0.1, 0.15) is 41.7 Å². The van der Waals surface area contributed by atoms with Crippen molar-refractivity contribution in [1.82, 2.24) is 4.90 Å². The summed E-state index contributed by atoms with van der Waals surface area (Å²) in [5.74, 6) is -9.42. The number of carbonyl (C=O) groups is 6. The number of Topliss-reactive ketones (excluding diaryl/α,β-unsaturated/α-hetero) is 3. The molecule has 2 saturated heterocycles. The molecule has 15 atom stereocenters. The average Bonchev–Trinajstić information content (AvgIpc) is 3.48. The van der Waals surface area contributed by atoms with Gasteiger partial charge in [0.2, 0.25) is 5.78 Å². The Morgan fingerprint density at radius 1 is 0.849 bits per heavy atom. The van der Waals surface area contributed by atoms with Gasteiger partial charge in [0.25, 0.3) is 5.91 Å². The minimum atomic E-state index is -2.90. The van der Waals surface area contributed by atoms with E-state index < -0.39 is 120 Å². The summed E-state index contributed by atoms with van der Waals surface area (Å²) in [7, 11) is 4.42. The predicted octanol–water partition coefficient (Wildman–Crippen LogP) is 5.72. The minimum absolute atomic E-state index is 0.0116. The number of ether oxygens (including phenoxy) is 6. The van der Waals surface area contributed by atoms with E-state index in [0.717, 1.165) is 5.57 Å². The molecule has 1 saturated carbocycles. The van der Waals surface area contributed by atoms with E-state index in [-0.39, 0.29) is 49.2 Å². The lowest BCUT2D eigenvalue weighted by molar-refractivity contribution is -0.231. The number of aliphatic hydroxyl groups excluding tert-OH is 3. The predicted molar refractivity (Wildman–Crippen MR) is 271 cm³/mol. The zero-order chi connectivity index (χ0) is 54.4. The first kappa shape index (κ1) is 61.6. The normalized spacial score (nSPS) is 36.7. The number of aliphatic hydroxyl groups is 4. The summed E-state index contributed by atoms with van der Waals surface area (Å²) >= 11 is 0. The molecule has 17 nitrogen and oxygen atoms in total. The fourth-order valence-corrected chi connectivity index (χ4v) is 10.7. The summed E-state index contributed by atoms with van der Waals surface area (Å²) in [6.45, 7) is 12.7. The van der Waals surface area contributed by atoms with E-state index >= 15 is 0 Å². The molecule has 4 rings (SSSR count). The van der Waals surface area contributed by atoms with Crippen LogP contribution in [0, 0.1) is 40.9 Å². The SMILES string of the molecule is CO[C@H]1C[C@@H]2CC[C@@H](C)C(=O)C(O)(O2)C(=O)N2CCCC[C@H]2C(=O)O[C@H]([C@H](C)C[C@@H]2CC[C@@H](OC(=O)C(C)(CO)CO)[C@H](OC)C2)CC(=O)[C@H](C)/C=C(\C)[C@@H](O)[C@@H](OC)C(=O)[C@H](C)C[C@H](C)/C=C/C=C/C=C1C. The molecule has 4 N–H and O–H groups in total. The van der Waals surface area contributed by atoms with Gasteiger partial charge in [-0.1, -0.05) is 71.1 Å². The van der Waals surface area contributed by atoms with Gasteiger partial charge in [-0.05, 0) is 114 Å². The maximum atomic E-state index is 14.8. The average molecular weight is 1030 g/mol. The molecule has 4 aliphatic rings. The number of carbonyl (C=O) groups excluding carboxylic acids is 6. The molecule has 1 amide bonds. The molecule has 1 unspecified atom stereocenters. The van der Waals surface area contributed by atoms with Gasteiger partial charge in [0, 0.05) is 58.5 Å². The van der Waals surface area contributed by atoms with Gasteiger partial charge in [-0.25, -0.2) is 4.79 Å². The Hall–Kier alpha value is -3.94. The van der Waals surface area contributed by atoms with Gasteiger partial charge < -0.3 is 53.7 Å². The molecule has 0 aromatic rings. The molecular weight excluding hydrogens is 943 g/mol. The topological polar surface area (TPSA) is 242 Å². The number of piperidine rings is 1. The highest BCUT2D eigenvalue weighted by Gasteiger charge is 2.55. The lowest BCUT2D eigenvalue weighted by atomic mass is 9.78. The van der Waals surface area contributed by atoms with E-state index in [0.29, 0.717) is 63.4 Å². The summed E-state index contributed by atoms with van der Waals surface area (Å²) in [5.41, 5.74) is -0.310. The number of esters is 2. The number of rotatable bonds is 10. The van der Waals surface area contributed by atoms with Crippen molar-refractivity contribution < 1.29 is 77.6 Å². The van der Waals surface area contributed by atoms with Gasteiger partial charge in [0.15, 0.2) is 5.78 Å². The molecule has 17 heteroatoms. The zero-order valence-electron chi connectivity index (χ0n) is 45.3. The summed E-state index contributed by atoms with van der Waals surface area (Å²) in [6, 6.07) is -1.22. The molecule has 3 heterocycles. The van der Waals surface area contributed by atoms with E-state index in [1.807, 2.05) is 51.2 Å². The van der Waals surface area contributed by atoms with Crippen molar-refractivity contribution in [2.75, 3.05) is 41.1 Å². The maximum absolute atomic E-state index is 14.8. The van der Waals surface area contributed by atoms with Crippen molar-refractivity contribution in [3.05, 3.63) is 47.6 Å². The fraction of sp³-hybridized carbons (Fsp3) is 0.750. The third-order valence-electron chi connectivity index (χ3n) is 15.8. The zero-order valence-corrected chi connectivity index (χ0v) is 45.3. The van der Waals surface area contributed by atoms with Crippen LogP contribution in [0.5, 0.6) is 0 Å². The number of methoxy groups -OCH3 is 3. The second-order valence-corrected chi connectivity index (χ2v) is 21.8. The number of hydrogen-bond acceptors (Lipinski definition) is 16. The Balaban J connectivity index is 1.73. The van der Waals surface area contributed by atoms with Crippen molar-refractivity contribution in [3.8, 4) is 0 Å². The highest BCUT2D eigenvalue weighted by atomic mass is 16.6. The lowest BCUT2D eigenvalue weighted by Gasteiger charge is -2.40. The van der Waals surface area contributed by atoms with Crippen LogP contribution in [0.25, 0.3) is 0 Å². The number of hydrogen-bond donors (Lipinski definition) is 4. The standard InChI is InChI=1S/C56H87NO16/c1-33-17-13-12-14-18-34(2)45(68-9)29-41-22-20-35(3)51(63)56(67,73-41)53(65)57-24-16-15-19-42(57)52(64)71-46(30-43(60)36(4)26-39(7)49(62)50(70-11)48(61)38(6)25-33)37(5)27-40-21-23-44(47(28-40)69-10)72-54(66)55(8,31-58)32-59/h12-14,17-18,26,33,35-38,40-42,44-47,49-50,58-59,62,67H,15-16,19-25,27-32H2,1-11H3/b14-12+,17-13+,34-18?,39-26+/t33-,35-,36-,37-,38-,40+,41+,42+,44-,45+,46+,47-,49-,50+,56?/m1/s1. The van der Waals surface area contributed by atoms with E-state index in [1.165, 1.54) is 26.0 Å².